The summed E-state index contributed by atoms with van der Waals surface area (Å²) in [5.74, 6) is -1.40. The first-order valence-electron chi connectivity index (χ1n) is 10.4. The Morgan fingerprint density at radius 1 is 1.22 bits per heavy atom. The second kappa shape index (κ2) is 9.19. The Labute approximate surface area is 184 Å². The van der Waals surface area contributed by atoms with Crippen molar-refractivity contribution in [1.29, 1.82) is 0 Å². The van der Waals surface area contributed by atoms with E-state index in [1.54, 1.807) is 18.2 Å². The third-order valence-electron chi connectivity index (χ3n) is 5.76. The molecule has 1 amide bonds. The van der Waals surface area contributed by atoms with Crippen molar-refractivity contribution in [1.82, 2.24) is 9.80 Å². The third kappa shape index (κ3) is 4.33. The van der Waals surface area contributed by atoms with Gasteiger partial charge in [-0.2, -0.15) is 0 Å². The van der Waals surface area contributed by atoms with Crippen LogP contribution in [-0.2, 0) is 9.59 Å². The molecular formula is C23H23N3O6. The standard InChI is InChI=1S/C23H23N3O6/c27-19(9-8-18-7-4-14-32-18)20-21(16-5-3-6-17(15-16)26(30)31)25(23(29)22(20)28)13-12-24-10-1-2-11-24/h3-9,14-15,21,28H,1-2,10-13H2/b9-8+. The minimum atomic E-state index is -0.918. The largest absolute Gasteiger partial charge is 0.503 e. The maximum atomic E-state index is 13.0. The minimum absolute atomic E-state index is 0.0975. The predicted octanol–water partition coefficient (Wildman–Crippen LogP) is 3.26. The molecule has 1 atom stereocenters. The SMILES string of the molecule is O=C(/C=C/c1ccco1)C1=C(O)C(=O)N(CCN2CCCC2)C1c1cccc([N+](=O)[O-])c1. The smallest absolute Gasteiger partial charge is 0.290 e. The number of allylic oxidation sites excluding steroid dienone is 1. The number of aliphatic hydroxyl groups excluding tert-OH is 1. The summed E-state index contributed by atoms with van der Waals surface area (Å²) in [5, 5.41) is 21.9. The highest BCUT2D eigenvalue weighted by atomic mass is 16.6. The van der Waals surface area contributed by atoms with Crippen LogP contribution in [0.2, 0.25) is 0 Å². The fraction of sp³-hybridized carbons (Fsp3) is 0.304. The molecule has 166 valence electrons. The van der Waals surface area contributed by atoms with Gasteiger partial charge in [0.1, 0.15) is 5.76 Å². The molecule has 0 bridgehead atoms. The molecule has 0 aliphatic carbocycles. The van der Waals surface area contributed by atoms with Crippen LogP contribution in [0.3, 0.4) is 0 Å². The van der Waals surface area contributed by atoms with E-state index in [-0.39, 0.29) is 17.8 Å². The highest BCUT2D eigenvalue weighted by Gasteiger charge is 2.43. The molecule has 0 radical (unpaired) electrons. The Balaban J connectivity index is 1.68. The van der Waals surface area contributed by atoms with Crippen LogP contribution in [0.5, 0.6) is 0 Å². The summed E-state index contributed by atoms with van der Waals surface area (Å²) in [6, 6.07) is 8.23. The van der Waals surface area contributed by atoms with Crippen LogP contribution in [0.15, 0.2) is 64.5 Å². The molecule has 1 aromatic carbocycles. The topological polar surface area (TPSA) is 117 Å². The number of furan rings is 1. The van der Waals surface area contributed by atoms with E-state index >= 15 is 0 Å². The lowest BCUT2D eigenvalue weighted by atomic mass is 9.95. The van der Waals surface area contributed by atoms with Gasteiger partial charge in [0.2, 0.25) is 0 Å². The number of carbonyl (C=O) groups is 2. The number of amides is 1. The molecule has 1 saturated heterocycles. The van der Waals surface area contributed by atoms with Gasteiger partial charge in [0, 0.05) is 25.2 Å². The number of aliphatic hydroxyl groups is 1. The lowest BCUT2D eigenvalue weighted by Gasteiger charge is -2.28. The van der Waals surface area contributed by atoms with E-state index in [1.165, 1.54) is 41.5 Å². The molecule has 3 heterocycles. The van der Waals surface area contributed by atoms with Gasteiger partial charge in [0.25, 0.3) is 11.6 Å². The van der Waals surface area contributed by atoms with Gasteiger partial charge < -0.3 is 19.3 Å². The molecule has 2 aliphatic heterocycles. The fourth-order valence-electron chi connectivity index (χ4n) is 4.18. The van der Waals surface area contributed by atoms with Gasteiger partial charge in [-0.05, 0) is 55.8 Å². The summed E-state index contributed by atoms with van der Waals surface area (Å²) in [4.78, 5) is 40.4. The number of nitrogens with zero attached hydrogens (tertiary/aromatic N) is 3. The number of hydrogen-bond acceptors (Lipinski definition) is 7. The molecule has 2 aliphatic rings. The van der Waals surface area contributed by atoms with Gasteiger partial charge in [-0.15, -0.1) is 0 Å². The molecule has 0 spiro atoms. The molecule has 1 fully saturated rings. The maximum Gasteiger partial charge on any atom is 0.290 e. The lowest BCUT2D eigenvalue weighted by Crippen LogP contribution is -2.37. The Kier molecular flexibility index (Phi) is 6.18. The number of benzene rings is 1. The Morgan fingerprint density at radius 2 is 2.00 bits per heavy atom. The molecule has 1 unspecified atom stereocenters. The Hall–Kier alpha value is -3.72. The fourth-order valence-corrected chi connectivity index (χ4v) is 4.18. The first kappa shape index (κ1) is 21.5. The van der Waals surface area contributed by atoms with Crippen LogP contribution < -0.4 is 0 Å². The van der Waals surface area contributed by atoms with Gasteiger partial charge in [0.15, 0.2) is 11.5 Å². The number of nitro groups is 1. The average molecular weight is 437 g/mol. The number of non-ortho nitro benzene ring substituents is 1. The zero-order valence-corrected chi connectivity index (χ0v) is 17.3. The predicted molar refractivity (Wildman–Crippen MR) is 116 cm³/mol. The highest BCUT2D eigenvalue weighted by Crippen LogP contribution is 2.39. The minimum Gasteiger partial charge on any atom is -0.503 e. The number of ketones is 1. The number of likely N-dealkylation sites (tertiary alicyclic amines) is 1. The lowest BCUT2D eigenvalue weighted by molar-refractivity contribution is -0.384. The van der Waals surface area contributed by atoms with Crippen LogP contribution in [0.4, 0.5) is 5.69 Å². The first-order chi connectivity index (χ1) is 15.5. The number of hydrogen-bond donors (Lipinski definition) is 1. The van der Waals surface area contributed by atoms with Gasteiger partial charge in [-0.3, -0.25) is 19.7 Å². The molecule has 0 saturated carbocycles. The molecule has 1 N–H and O–H groups in total. The second-order valence-electron chi connectivity index (χ2n) is 7.78. The zero-order valence-electron chi connectivity index (χ0n) is 17.3. The molecule has 9 nitrogen and oxygen atoms in total. The van der Waals surface area contributed by atoms with Crippen molar-refractivity contribution >= 4 is 23.5 Å². The van der Waals surface area contributed by atoms with Crippen molar-refractivity contribution < 1.29 is 24.0 Å². The first-order valence-corrected chi connectivity index (χ1v) is 10.4. The summed E-state index contributed by atoms with van der Waals surface area (Å²) >= 11 is 0. The quantitative estimate of drug-likeness (QED) is 0.383. The van der Waals surface area contributed by atoms with E-state index in [0.717, 1.165) is 25.9 Å². The number of carbonyl (C=O) groups excluding carboxylic acids is 2. The van der Waals surface area contributed by atoms with E-state index in [2.05, 4.69) is 4.90 Å². The number of nitro benzene ring substituents is 1. The zero-order chi connectivity index (χ0) is 22.7. The highest BCUT2D eigenvalue weighted by molar-refractivity contribution is 6.14. The van der Waals surface area contributed by atoms with Crippen LogP contribution in [0.1, 0.15) is 30.2 Å². The van der Waals surface area contributed by atoms with Crippen molar-refractivity contribution in [3.05, 3.63) is 81.5 Å². The normalized spacial score (nSPS) is 19.4. The summed E-state index contributed by atoms with van der Waals surface area (Å²) in [6.07, 6.45) is 6.32. The van der Waals surface area contributed by atoms with E-state index in [4.69, 9.17) is 4.42 Å². The van der Waals surface area contributed by atoms with Crippen molar-refractivity contribution in [2.45, 2.75) is 18.9 Å². The van der Waals surface area contributed by atoms with Crippen LogP contribution in [0, 0.1) is 10.1 Å². The maximum absolute atomic E-state index is 13.0. The third-order valence-corrected chi connectivity index (χ3v) is 5.76. The van der Waals surface area contributed by atoms with Gasteiger partial charge in [-0.1, -0.05) is 12.1 Å². The monoisotopic (exact) mass is 437 g/mol. The van der Waals surface area contributed by atoms with E-state index in [1.807, 2.05) is 0 Å². The Bertz CT molecular complexity index is 1080. The summed E-state index contributed by atoms with van der Waals surface area (Å²) in [7, 11) is 0. The summed E-state index contributed by atoms with van der Waals surface area (Å²) in [6.45, 7) is 2.74. The van der Waals surface area contributed by atoms with Gasteiger partial charge >= 0.3 is 0 Å². The molecule has 2 aromatic rings. The van der Waals surface area contributed by atoms with Gasteiger partial charge in [-0.25, -0.2) is 0 Å². The summed E-state index contributed by atoms with van der Waals surface area (Å²) < 4.78 is 5.19. The van der Waals surface area contributed by atoms with Gasteiger partial charge in [0.05, 0.1) is 22.8 Å². The molecule has 9 heteroatoms. The molecule has 32 heavy (non-hydrogen) atoms. The Morgan fingerprint density at radius 3 is 2.69 bits per heavy atom. The van der Waals surface area contributed by atoms with Crippen LogP contribution >= 0.6 is 0 Å². The molecule has 4 rings (SSSR count). The molecular weight excluding hydrogens is 414 g/mol. The van der Waals surface area contributed by atoms with E-state index < -0.39 is 28.4 Å². The number of rotatable bonds is 8. The van der Waals surface area contributed by atoms with Crippen molar-refractivity contribution in [3.63, 3.8) is 0 Å². The molecule has 1 aromatic heterocycles. The van der Waals surface area contributed by atoms with Crippen LogP contribution in [0.25, 0.3) is 6.08 Å². The van der Waals surface area contributed by atoms with Crippen molar-refractivity contribution in [2.75, 3.05) is 26.2 Å². The van der Waals surface area contributed by atoms with E-state index in [0.29, 0.717) is 17.9 Å². The van der Waals surface area contributed by atoms with Crippen molar-refractivity contribution in [3.8, 4) is 0 Å². The van der Waals surface area contributed by atoms with Crippen LogP contribution in [-0.4, -0.2) is 57.7 Å². The second-order valence-corrected chi connectivity index (χ2v) is 7.78. The van der Waals surface area contributed by atoms with Crippen molar-refractivity contribution in [2.24, 2.45) is 0 Å². The summed E-state index contributed by atoms with van der Waals surface area (Å²) in [5.41, 5.74) is 0.145. The average Bonchev–Trinajstić information content (AvgIpc) is 3.54. The van der Waals surface area contributed by atoms with E-state index in [9.17, 15) is 24.8 Å².